The molecule has 132 valence electrons. The number of aromatic nitrogens is 4. The Bertz CT molecular complexity index is 1070. The highest BCUT2D eigenvalue weighted by molar-refractivity contribution is 7.98. The summed E-state index contributed by atoms with van der Waals surface area (Å²) in [5.74, 6) is 2.26. The third-order valence-electron chi connectivity index (χ3n) is 3.95. The minimum atomic E-state index is 0.533. The normalized spacial score (nSPS) is 10.6. The summed E-state index contributed by atoms with van der Waals surface area (Å²) in [6.07, 6.45) is 5.16. The van der Waals surface area contributed by atoms with E-state index in [9.17, 15) is 0 Å². The van der Waals surface area contributed by atoms with Crippen LogP contribution in [0.1, 0.15) is 16.9 Å². The maximum absolute atomic E-state index is 9.06. The van der Waals surface area contributed by atoms with Crippen molar-refractivity contribution in [2.75, 3.05) is 0 Å². The quantitative estimate of drug-likeness (QED) is 0.472. The molecule has 0 N–H and O–H groups in total. The molecule has 0 amide bonds. The lowest BCUT2D eigenvalue weighted by Gasteiger charge is -2.09. The fourth-order valence-corrected chi connectivity index (χ4v) is 3.56. The van der Waals surface area contributed by atoms with Crippen LogP contribution in [0.5, 0.6) is 0 Å². The minimum absolute atomic E-state index is 0.533. The van der Waals surface area contributed by atoms with Crippen LogP contribution >= 0.6 is 11.8 Å². The van der Waals surface area contributed by atoms with E-state index in [2.05, 4.69) is 21.3 Å². The standard InChI is InChI=1S/C20H15N5OS/c21-11-15-4-1-5-16(10-15)14-27-20-24-23-19(17-6-2-8-22-12-17)25(20)13-18-7-3-9-26-18/h1-10,12H,13-14H2. The number of rotatable bonds is 6. The van der Waals surface area contributed by atoms with Crippen LogP contribution < -0.4 is 0 Å². The maximum Gasteiger partial charge on any atom is 0.192 e. The van der Waals surface area contributed by atoms with Crippen LogP contribution in [0.2, 0.25) is 0 Å². The largest absolute Gasteiger partial charge is 0.467 e. The van der Waals surface area contributed by atoms with Gasteiger partial charge in [0.2, 0.25) is 0 Å². The number of hydrogen-bond donors (Lipinski definition) is 0. The topological polar surface area (TPSA) is 80.5 Å². The first-order valence-corrected chi connectivity index (χ1v) is 9.30. The van der Waals surface area contributed by atoms with Crippen LogP contribution in [0.3, 0.4) is 0 Å². The molecule has 0 bridgehead atoms. The first-order chi connectivity index (χ1) is 13.3. The van der Waals surface area contributed by atoms with Gasteiger partial charge in [-0.2, -0.15) is 5.26 Å². The second kappa shape index (κ2) is 7.89. The second-order valence-electron chi connectivity index (χ2n) is 5.81. The van der Waals surface area contributed by atoms with E-state index in [4.69, 9.17) is 9.68 Å². The number of nitriles is 1. The van der Waals surface area contributed by atoms with Gasteiger partial charge in [0, 0.05) is 23.7 Å². The minimum Gasteiger partial charge on any atom is -0.467 e. The van der Waals surface area contributed by atoms with Gasteiger partial charge >= 0.3 is 0 Å². The van der Waals surface area contributed by atoms with Gasteiger partial charge in [0.05, 0.1) is 24.4 Å². The second-order valence-corrected chi connectivity index (χ2v) is 6.76. The third kappa shape index (κ3) is 3.91. The van der Waals surface area contributed by atoms with E-state index >= 15 is 0 Å². The molecule has 3 heterocycles. The zero-order valence-corrected chi connectivity index (χ0v) is 15.1. The van der Waals surface area contributed by atoms with Gasteiger partial charge in [0.1, 0.15) is 5.76 Å². The molecule has 27 heavy (non-hydrogen) atoms. The lowest BCUT2D eigenvalue weighted by Crippen LogP contribution is -2.03. The van der Waals surface area contributed by atoms with Crippen molar-refractivity contribution in [2.45, 2.75) is 17.5 Å². The van der Waals surface area contributed by atoms with Gasteiger partial charge in [-0.25, -0.2) is 0 Å². The van der Waals surface area contributed by atoms with Crippen LogP contribution in [0.25, 0.3) is 11.4 Å². The summed E-state index contributed by atoms with van der Waals surface area (Å²) in [5, 5.41) is 18.6. The van der Waals surface area contributed by atoms with E-state index in [1.807, 2.05) is 47.0 Å². The predicted octanol–water partition coefficient (Wildman–Crippen LogP) is 4.15. The highest BCUT2D eigenvalue weighted by Gasteiger charge is 2.16. The summed E-state index contributed by atoms with van der Waals surface area (Å²) in [6, 6.07) is 17.4. The van der Waals surface area contributed by atoms with E-state index in [0.717, 1.165) is 27.9 Å². The highest BCUT2D eigenvalue weighted by atomic mass is 32.2. The molecule has 0 radical (unpaired) electrons. The van der Waals surface area contributed by atoms with Crippen molar-refractivity contribution in [3.63, 3.8) is 0 Å². The molecule has 0 saturated carbocycles. The zero-order valence-electron chi connectivity index (χ0n) is 14.3. The molecule has 4 aromatic rings. The molecule has 0 atom stereocenters. The van der Waals surface area contributed by atoms with Crippen LogP contribution in [-0.2, 0) is 12.3 Å². The zero-order chi connectivity index (χ0) is 18.5. The molecule has 0 aliphatic heterocycles. The molecule has 0 unspecified atom stereocenters. The van der Waals surface area contributed by atoms with Crippen molar-refractivity contribution in [1.82, 2.24) is 19.7 Å². The number of nitrogens with zero attached hydrogens (tertiary/aromatic N) is 5. The van der Waals surface area contributed by atoms with Crippen molar-refractivity contribution in [2.24, 2.45) is 0 Å². The van der Waals surface area contributed by atoms with Gasteiger partial charge in [0.25, 0.3) is 0 Å². The van der Waals surface area contributed by atoms with Crippen LogP contribution in [0, 0.1) is 11.3 Å². The lowest BCUT2D eigenvalue weighted by atomic mass is 10.2. The van der Waals surface area contributed by atoms with Crippen molar-refractivity contribution < 1.29 is 4.42 Å². The summed E-state index contributed by atoms with van der Waals surface area (Å²) in [7, 11) is 0. The Morgan fingerprint density at radius 3 is 2.85 bits per heavy atom. The van der Waals surface area contributed by atoms with Crippen LogP contribution in [-0.4, -0.2) is 19.7 Å². The fraction of sp³-hybridized carbons (Fsp3) is 0.100. The van der Waals surface area contributed by atoms with Gasteiger partial charge in [-0.1, -0.05) is 23.9 Å². The number of pyridine rings is 1. The molecule has 0 aliphatic rings. The summed E-state index contributed by atoms with van der Waals surface area (Å²) < 4.78 is 7.53. The number of hydrogen-bond acceptors (Lipinski definition) is 6. The molecule has 0 fully saturated rings. The third-order valence-corrected chi connectivity index (χ3v) is 4.99. The van der Waals surface area contributed by atoms with E-state index in [-0.39, 0.29) is 0 Å². The molecule has 0 aliphatic carbocycles. The van der Waals surface area contributed by atoms with Crippen LogP contribution in [0.4, 0.5) is 0 Å². The van der Waals surface area contributed by atoms with Crippen molar-refractivity contribution in [1.29, 1.82) is 5.26 Å². The first kappa shape index (κ1) is 17.1. The van der Waals surface area contributed by atoms with E-state index in [1.165, 1.54) is 0 Å². The van der Waals surface area contributed by atoms with Gasteiger partial charge in [-0.05, 0) is 42.0 Å². The van der Waals surface area contributed by atoms with E-state index in [0.29, 0.717) is 17.9 Å². The molecular weight excluding hydrogens is 358 g/mol. The molecule has 0 saturated heterocycles. The number of thioether (sulfide) groups is 1. The smallest absolute Gasteiger partial charge is 0.192 e. The summed E-state index contributed by atoms with van der Waals surface area (Å²) >= 11 is 1.57. The van der Waals surface area contributed by atoms with Gasteiger partial charge in [-0.3, -0.25) is 9.55 Å². The monoisotopic (exact) mass is 373 g/mol. The molecule has 1 aromatic carbocycles. The molecular formula is C20H15N5OS. The highest BCUT2D eigenvalue weighted by Crippen LogP contribution is 2.27. The van der Waals surface area contributed by atoms with E-state index < -0.39 is 0 Å². The molecule has 4 rings (SSSR count). The summed E-state index contributed by atoms with van der Waals surface area (Å²) in [4.78, 5) is 4.18. The first-order valence-electron chi connectivity index (χ1n) is 8.31. The average Bonchev–Trinajstić information content (AvgIpc) is 3.38. The molecule has 7 heteroatoms. The fourth-order valence-electron chi connectivity index (χ4n) is 2.68. The summed E-state index contributed by atoms with van der Waals surface area (Å²) in [5.41, 5.74) is 2.62. The van der Waals surface area contributed by atoms with Gasteiger partial charge in [0.15, 0.2) is 11.0 Å². The van der Waals surface area contributed by atoms with Crippen molar-refractivity contribution in [3.05, 3.63) is 84.1 Å². The molecule has 0 spiro atoms. The van der Waals surface area contributed by atoms with E-state index in [1.54, 1.807) is 36.5 Å². The average molecular weight is 373 g/mol. The number of benzene rings is 1. The maximum atomic E-state index is 9.06. The van der Waals surface area contributed by atoms with Crippen molar-refractivity contribution >= 4 is 11.8 Å². The Hall–Kier alpha value is -3.37. The predicted molar refractivity (Wildman–Crippen MR) is 102 cm³/mol. The Kier molecular flexibility index (Phi) is 4.99. The summed E-state index contributed by atoms with van der Waals surface area (Å²) in [6.45, 7) is 0.533. The Morgan fingerprint density at radius 1 is 1.11 bits per heavy atom. The lowest BCUT2D eigenvalue weighted by molar-refractivity contribution is 0.485. The van der Waals surface area contributed by atoms with Gasteiger partial charge in [-0.15, -0.1) is 10.2 Å². The van der Waals surface area contributed by atoms with Crippen LogP contribution in [0.15, 0.2) is 76.8 Å². The number of furan rings is 1. The van der Waals surface area contributed by atoms with Crippen molar-refractivity contribution in [3.8, 4) is 17.5 Å². The molecule has 3 aromatic heterocycles. The Morgan fingerprint density at radius 2 is 2.07 bits per heavy atom. The Balaban J connectivity index is 1.63. The van der Waals surface area contributed by atoms with Gasteiger partial charge < -0.3 is 4.42 Å². The Labute approximate surface area is 160 Å². The SMILES string of the molecule is N#Cc1cccc(CSc2nnc(-c3cccnc3)n2Cc2ccco2)c1. The molecule has 6 nitrogen and oxygen atoms in total.